The first-order valence-corrected chi connectivity index (χ1v) is 3.40. The van der Waals surface area contributed by atoms with Gasteiger partial charge in [0.05, 0.1) is 0 Å². The monoisotopic (exact) mass is 132 g/mol. The highest BCUT2D eigenvalue weighted by atomic mass is 35.5. The summed E-state index contributed by atoms with van der Waals surface area (Å²) in [5.74, 6) is 0.586. The molecule has 0 fully saturated rings. The van der Waals surface area contributed by atoms with Crippen LogP contribution in [0.3, 0.4) is 0 Å². The lowest BCUT2D eigenvalue weighted by molar-refractivity contribution is 0.823. The van der Waals surface area contributed by atoms with Gasteiger partial charge in [-0.15, -0.1) is 0 Å². The Morgan fingerprint density at radius 1 is 1.62 bits per heavy atom. The summed E-state index contributed by atoms with van der Waals surface area (Å²) < 4.78 is 0. The van der Waals surface area contributed by atoms with Crippen LogP contribution in [0.15, 0.2) is 11.1 Å². The van der Waals surface area contributed by atoms with Crippen LogP contribution in [0, 0.1) is 5.92 Å². The molecule has 0 bridgehead atoms. The van der Waals surface area contributed by atoms with Gasteiger partial charge in [0.2, 0.25) is 0 Å². The molecular formula is C7H13Cl. The third-order valence-electron chi connectivity index (χ3n) is 0.852. The lowest BCUT2D eigenvalue weighted by atomic mass is 10.2. The van der Waals surface area contributed by atoms with Crippen LogP contribution in [0.5, 0.6) is 0 Å². The van der Waals surface area contributed by atoms with E-state index in [4.69, 9.17) is 11.6 Å². The Hall–Kier alpha value is 0.0300. The standard InChI is InChI=1S/C7H13Cl/c1-4-7(8)5-6(2)3/h5-6H,4H2,1-3H3. The molecule has 0 aliphatic carbocycles. The van der Waals surface area contributed by atoms with Crippen molar-refractivity contribution in [3.63, 3.8) is 0 Å². The largest absolute Gasteiger partial charge is 0.0895 e. The van der Waals surface area contributed by atoms with Crippen molar-refractivity contribution in [2.75, 3.05) is 0 Å². The van der Waals surface area contributed by atoms with Gasteiger partial charge in [-0.05, 0) is 12.3 Å². The Balaban J connectivity index is 3.56. The van der Waals surface area contributed by atoms with E-state index in [-0.39, 0.29) is 0 Å². The molecule has 0 aliphatic heterocycles. The van der Waals surface area contributed by atoms with Crippen LogP contribution in [0.4, 0.5) is 0 Å². The van der Waals surface area contributed by atoms with Crippen molar-refractivity contribution in [3.05, 3.63) is 11.1 Å². The molecule has 0 N–H and O–H groups in total. The van der Waals surface area contributed by atoms with Crippen LogP contribution in [0.25, 0.3) is 0 Å². The van der Waals surface area contributed by atoms with E-state index in [1.165, 1.54) is 0 Å². The molecule has 0 atom stereocenters. The number of halogens is 1. The van der Waals surface area contributed by atoms with Gasteiger partial charge in [-0.25, -0.2) is 0 Å². The third kappa shape index (κ3) is 4.20. The summed E-state index contributed by atoms with van der Waals surface area (Å²) in [5, 5.41) is 0.972. The molecule has 0 aliphatic rings. The van der Waals surface area contributed by atoms with E-state index in [2.05, 4.69) is 26.8 Å². The molecule has 0 amide bonds. The Labute approximate surface area is 56.5 Å². The zero-order valence-electron chi connectivity index (χ0n) is 5.74. The smallest absolute Gasteiger partial charge is 0.0141 e. The van der Waals surface area contributed by atoms with Crippen molar-refractivity contribution in [1.82, 2.24) is 0 Å². The SMILES string of the molecule is CCC(Cl)=CC(C)C. The summed E-state index contributed by atoms with van der Waals surface area (Å²) in [6.07, 6.45) is 3.03. The average Bonchev–Trinajstić information content (AvgIpc) is 1.65. The normalized spacial score (nSPS) is 12.9. The fourth-order valence-electron chi connectivity index (χ4n) is 0.480. The Bertz CT molecular complexity index is 82.4. The molecule has 0 spiro atoms. The third-order valence-corrected chi connectivity index (χ3v) is 1.25. The minimum absolute atomic E-state index is 0.586. The second kappa shape index (κ2) is 3.96. The topological polar surface area (TPSA) is 0 Å². The minimum Gasteiger partial charge on any atom is -0.0895 e. The van der Waals surface area contributed by atoms with Gasteiger partial charge in [-0.3, -0.25) is 0 Å². The van der Waals surface area contributed by atoms with E-state index in [0.717, 1.165) is 11.5 Å². The number of hydrogen-bond acceptors (Lipinski definition) is 0. The average molecular weight is 133 g/mol. The maximum Gasteiger partial charge on any atom is 0.0141 e. The molecule has 0 saturated heterocycles. The molecule has 8 heavy (non-hydrogen) atoms. The van der Waals surface area contributed by atoms with Crippen LogP contribution in [0.2, 0.25) is 0 Å². The van der Waals surface area contributed by atoms with Gasteiger partial charge in [0.25, 0.3) is 0 Å². The van der Waals surface area contributed by atoms with E-state index in [1.807, 2.05) is 0 Å². The van der Waals surface area contributed by atoms with E-state index >= 15 is 0 Å². The van der Waals surface area contributed by atoms with Crippen molar-refractivity contribution in [2.24, 2.45) is 5.92 Å². The zero-order valence-corrected chi connectivity index (χ0v) is 6.50. The zero-order chi connectivity index (χ0) is 6.57. The molecule has 48 valence electrons. The van der Waals surface area contributed by atoms with E-state index < -0.39 is 0 Å². The quantitative estimate of drug-likeness (QED) is 0.542. The molecule has 0 saturated carbocycles. The van der Waals surface area contributed by atoms with Crippen molar-refractivity contribution in [2.45, 2.75) is 27.2 Å². The number of rotatable bonds is 2. The summed E-state index contributed by atoms with van der Waals surface area (Å²) in [5.41, 5.74) is 0. The second-order valence-electron chi connectivity index (χ2n) is 2.21. The van der Waals surface area contributed by atoms with Gasteiger partial charge < -0.3 is 0 Å². The molecule has 0 radical (unpaired) electrons. The van der Waals surface area contributed by atoms with Crippen LogP contribution in [-0.4, -0.2) is 0 Å². The molecule has 0 aromatic heterocycles. The molecule has 0 unspecified atom stereocenters. The van der Waals surface area contributed by atoms with Gasteiger partial charge in [0.15, 0.2) is 0 Å². The highest BCUT2D eigenvalue weighted by molar-refractivity contribution is 6.29. The molecule has 0 heterocycles. The maximum absolute atomic E-state index is 5.72. The first kappa shape index (κ1) is 8.03. The van der Waals surface area contributed by atoms with Crippen LogP contribution in [0.1, 0.15) is 27.2 Å². The lowest BCUT2D eigenvalue weighted by Gasteiger charge is -1.94. The van der Waals surface area contributed by atoms with Crippen molar-refractivity contribution in [3.8, 4) is 0 Å². The summed E-state index contributed by atoms with van der Waals surface area (Å²) in [4.78, 5) is 0. The molecule has 0 aromatic carbocycles. The lowest BCUT2D eigenvalue weighted by Crippen LogP contribution is -1.78. The fraction of sp³-hybridized carbons (Fsp3) is 0.714. The summed E-state index contributed by atoms with van der Waals surface area (Å²) in [7, 11) is 0. The van der Waals surface area contributed by atoms with Gasteiger partial charge in [-0.2, -0.15) is 0 Å². The summed E-state index contributed by atoms with van der Waals surface area (Å²) in [6.45, 7) is 6.30. The molecular weight excluding hydrogens is 120 g/mol. The Morgan fingerprint density at radius 2 is 2.12 bits per heavy atom. The van der Waals surface area contributed by atoms with Crippen LogP contribution >= 0.6 is 11.6 Å². The highest BCUT2D eigenvalue weighted by Crippen LogP contribution is 2.09. The van der Waals surface area contributed by atoms with Crippen LogP contribution < -0.4 is 0 Å². The first-order chi connectivity index (χ1) is 3.66. The van der Waals surface area contributed by atoms with Gasteiger partial charge in [-0.1, -0.05) is 38.4 Å². The predicted octanol–water partition coefficient (Wildman–Crippen LogP) is 3.18. The molecule has 0 aromatic rings. The van der Waals surface area contributed by atoms with Crippen molar-refractivity contribution in [1.29, 1.82) is 0 Å². The Kier molecular flexibility index (Phi) is 3.98. The Morgan fingerprint density at radius 3 is 2.25 bits per heavy atom. The molecule has 0 nitrogen and oxygen atoms in total. The van der Waals surface area contributed by atoms with Crippen LogP contribution in [-0.2, 0) is 0 Å². The van der Waals surface area contributed by atoms with E-state index in [9.17, 15) is 0 Å². The number of allylic oxidation sites excluding steroid dienone is 2. The predicted molar refractivity (Wildman–Crippen MR) is 39.1 cm³/mol. The highest BCUT2D eigenvalue weighted by Gasteiger charge is 1.88. The molecule has 0 rings (SSSR count). The van der Waals surface area contributed by atoms with E-state index in [0.29, 0.717) is 5.92 Å². The first-order valence-electron chi connectivity index (χ1n) is 3.03. The second-order valence-corrected chi connectivity index (χ2v) is 2.70. The van der Waals surface area contributed by atoms with Crippen molar-refractivity contribution < 1.29 is 0 Å². The molecule has 1 heteroatoms. The fourth-order valence-corrected chi connectivity index (χ4v) is 0.732. The maximum atomic E-state index is 5.72. The van der Waals surface area contributed by atoms with Gasteiger partial charge >= 0.3 is 0 Å². The van der Waals surface area contributed by atoms with Gasteiger partial charge in [0, 0.05) is 5.03 Å². The van der Waals surface area contributed by atoms with E-state index in [1.54, 1.807) is 0 Å². The van der Waals surface area contributed by atoms with Gasteiger partial charge in [0.1, 0.15) is 0 Å². The van der Waals surface area contributed by atoms with Crippen molar-refractivity contribution >= 4 is 11.6 Å². The number of hydrogen-bond donors (Lipinski definition) is 0. The minimum atomic E-state index is 0.586. The summed E-state index contributed by atoms with van der Waals surface area (Å²) in [6, 6.07) is 0. The summed E-state index contributed by atoms with van der Waals surface area (Å²) >= 11 is 5.72.